The minimum Gasteiger partial charge on any atom is -0.496 e. The first-order chi connectivity index (χ1) is 11.6. The van der Waals surface area contributed by atoms with Gasteiger partial charge in [-0.3, -0.25) is 14.5 Å². The SMILES string of the molecule is COc1ccc(/C=C2\SC(=O)N(Cc3ccccc3)C2=O)cc1I. The fraction of sp³-hybridized carbons (Fsp3) is 0.111. The van der Waals surface area contributed by atoms with Crippen molar-refractivity contribution < 1.29 is 14.3 Å². The second kappa shape index (κ2) is 7.40. The molecule has 0 aromatic heterocycles. The molecule has 2 aromatic rings. The van der Waals surface area contributed by atoms with Crippen molar-refractivity contribution in [2.24, 2.45) is 0 Å². The van der Waals surface area contributed by atoms with Gasteiger partial charge in [-0.15, -0.1) is 0 Å². The van der Waals surface area contributed by atoms with Crippen molar-refractivity contribution in [1.29, 1.82) is 0 Å². The lowest BCUT2D eigenvalue weighted by Gasteiger charge is -2.12. The largest absolute Gasteiger partial charge is 0.496 e. The van der Waals surface area contributed by atoms with Crippen LogP contribution in [-0.2, 0) is 11.3 Å². The van der Waals surface area contributed by atoms with Crippen LogP contribution in [0.1, 0.15) is 11.1 Å². The van der Waals surface area contributed by atoms with Crippen molar-refractivity contribution in [1.82, 2.24) is 4.90 Å². The third-order valence-corrected chi connectivity index (χ3v) is 5.28. The van der Waals surface area contributed by atoms with E-state index in [1.807, 2.05) is 48.5 Å². The first-order valence-electron chi connectivity index (χ1n) is 7.21. The molecule has 0 bridgehead atoms. The fourth-order valence-corrected chi connectivity index (χ4v) is 3.92. The van der Waals surface area contributed by atoms with E-state index < -0.39 is 0 Å². The number of carbonyl (C=O) groups excluding carboxylic acids is 2. The first-order valence-corrected chi connectivity index (χ1v) is 9.11. The summed E-state index contributed by atoms with van der Waals surface area (Å²) in [5.41, 5.74) is 1.80. The number of halogens is 1. The van der Waals surface area contributed by atoms with E-state index >= 15 is 0 Å². The van der Waals surface area contributed by atoms with E-state index in [0.29, 0.717) is 11.4 Å². The van der Waals surface area contributed by atoms with E-state index in [-0.39, 0.29) is 11.1 Å². The number of hydrogen-bond acceptors (Lipinski definition) is 4. The minimum absolute atomic E-state index is 0.238. The summed E-state index contributed by atoms with van der Waals surface area (Å²) in [6.45, 7) is 0.295. The molecule has 1 heterocycles. The summed E-state index contributed by atoms with van der Waals surface area (Å²) in [6.07, 6.45) is 1.75. The summed E-state index contributed by atoms with van der Waals surface area (Å²) >= 11 is 3.15. The molecule has 2 amide bonds. The Kier molecular flexibility index (Phi) is 5.25. The van der Waals surface area contributed by atoms with Gasteiger partial charge in [-0.2, -0.15) is 0 Å². The van der Waals surface area contributed by atoms with E-state index in [9.17, 15) is 9.59 Å². The topological polar surface area (TPSA) is 46.6 Å². The van der Waals surface area contributed by atoms with Crippen molar-refractivity contribution in [2.75, 3.05) is 7.11 Å². The van der Waals surface area contributed by atoms with Gasteiger partial charge in [0.2, 0.25) is 0 Å². The van der Waals surface area contributed by atoms with Crippen LogP contribution in [0.3, 0.4) is 0 Å². The zero-order chi connectivity index (χ0) is 17.1. The molecule has 1 fully saturated rings. The Morgan fingerprint density at radius 1 is 1.17 bits per heavy atom. The van der Waals surface area contributed by atoms with Crippen LogP contribution in [0.25, 0.3) is 6.08 Å². The van der Waals surface area contributed by atoms with Crippen LogP contribution >= 0.6 is 34.4 Å². The second-order valence-electron chi connectivity index (χ2n) is 5.15. The molecular weight excluding hydrogens is 437 g/mol. The van der Waals surface area contributed by atoms with Crippen molar-refractivity contribution in [3.8, 4) is 5.75 Å². The van der Waals surface area contributed by atoms with Gasteiger partial charge in [0, 0.05) is 0 Å². The molecule has 2 aromatic carbocycles. The van der Waals surface area contributed by atoms with Crippen LogP contribution in [0, 0.1) is 3.57 Å². The lowest BCUT2D eigenvalue weighted by Crippen LogP contribution is -2.27. The molecule has 3 rings (SSSR count). The van der Waals surface area contributed by atoms with Gasteiger partial charge in [0.05, 0.1) is 22.1 Å². The maximum Gasteiger partial charge on any atom is 0.293 e. The predicted octanol–water partition coefficient (Wildman–Crippen LogP) is 4.54. The minimum atomic E-state index is -0.250. The van der Waals surface area contributed by atoms with Crippen LogP contribution in [-0.4, -0.2) is 23.2 Å². The molecule has 24 heavy (non-hydrogen) atoms. The monoisotopic (exact) mass is 451 g/mol. The van der Waals surface area contributed by atoms with Gasteiger partial charge in [-0.25, -0.2) is 0 Å². The lowest BCUT2D eigenvalue weighted by atomic mass is 10.2. The molecule has 0 spiro atoms. The number of benzene rings is 2. The Morgan fingerprint density at radius 2 is 1.92 bits per heavy atom. The van der Waals surface area contributed by atoms with Crippen LogP contribution < -0.4 is 4.74 Å². The van der Waals surface area contributed by atoms with Crippen molar-refractivity contribution in [3.05, 3.63) is 68.1 Å². The molecule has 0 unspecified atom stereocenters. The lowest BCUT2D eigenvalue weighted by molar-refractivity contribution is -0.123. The number of imide groups is 1. The van der Waals surface area contributed by atoms with Gasteiger partial charge >= 0.3 is 0 Å². The average Bonchev–Trinajstić information content (AvgIpc) is 2.84. The molecule has 1 aliphatic rings. The van der Waals surface area contributed by atoms with E-state index in [2.05, 4.69) is 22.6 Å². The van der Waals surface area contributed by atoms with Gasteiger partial charge < -0.3 is 4.74 Å². The van der Waals surface area contributed by atoms with Gasteiger partial charge in [0.15, 0.2) is 0 Å². The highest BCUT2D eigenvalue weighted by Crippen LogP contribution is 2.34. The zero-order valence-electron chi connectivity index (χ0n) is 12.9. The number of methoxy groups -OCH3 is 1. The van der Waals surface area contributed by atoms with Gasteiger partial charge in [0.25, 0.3) is 11.1 Å². The number of amides is 2. The third kappa shape index (κ3) is 3.64. The molecule has 1 aliphatic heterocycles. The molecular formula is C18H14INO3S. The molecule has 6 heteroatoms. The van der Waals surface area contributed by atoms with Crippen LogP contribution in [0.4, 0.5) is 4.79 Å². The summed E-state index contributed by atoms with van der Waals surface area (Å²) in [6, 6.07) is 15.1. The number of thioether (sulfide) groups is 1. The summed E-state index contributed by atoms with van der Waals surface area (Å²) in [7, 11) is 1.62. The average molecular weight is 451 g/mol. The quantitative estimate of drug-likeness (QED) is 0.506. The van der Waals surface area contributed by atoms with Gasteiger partial charge in [-0.1, -0.05) is 36.4 Å². The van der Waals surface area contributed by atoms with Gasteiger partial charge in [-0.05, 0) is 63.7 Å². The number of ether oxygens (including phenoxy) is 1. The highest BCUT2D eigenvalue weighted by Gasteiger charge is 2.34. The molecule has 0 N–H and O–H groups in total. The highest BCUT2D eigenvalue weighted by atomic mass is 127. The van der Waals surface area contributed by atoms with Crippen LogP contribution in [0.15, 0.2) is 53.4 Å². The molecule has 0 saturated carbocycles. The summed E-state index contributed by atoms with van der Waals surface area (Å²) in [5, 5.41) is -0.238. The van der Waals surface area contributed by atoms with Crippen LogP contribution in [0.5, 0.6) is 5.75 Å². The molecule has 0 radical (unpaired) electrons. The van der Waals surface area contributed by atoms with Crippen molar-refractivity contribution in [2.45, 2.75) is 6.54 Å². The van der Waals surface area contributed by atoms with Crippen molar-refractivity contribution >= 4 is 51.6 Å². The van der Waals surface area contributed by atoms with E-state index in [1.54, 1.807) is 13.2 Å². The smallest absolute Gasteiger partial charge is 0.293 e. The van der Waals surface area contributed by atoms with E-state index in [1.165, 1.54) is 4.90 Å². The highest BCUT2D eigenvalue weighted by molar-refractivity contribution is 14.1. The third-order valence-electron chi connectivity index (χ3n) is 3.53. The molecule has 0 aliphatic carbocycles. The molecule has 4 nitrogen and oxygen atoms in total. The number of rotatable bonds is 4. The number of hydrogen-bond donors (Lipinski definition) is 0. The summed E-state index contributed by atoms with van der Waals surface area (Å²) < 4.78 is 6.18. The maximum atomic E-state index is 12.5. The molecule has 1 saturated heterocycles. The Labute approximate surface area is 158 Å². The van der Waals surface area contributed by atoms with E-state index in [0.717, 1.165) is 32.2 Å². The second-order valence-corrected chi connectivity index (χ2v) is 7.30. The zero-order valence-corrected chi connectivity index (χ0v) is 15.8. The Balaban J connectivity index is 1.82. The predicted molar refractivity (Wildman–Crippen MR) is 104 cm³/mol. The standard InChI is InChI=1S/C18H14INO3S/c1-23-15-8-7-13(9-14(15)19)10-16-17(21)20(18(22)24-16)11-12-5-3-2-4-6-12/h2-10H,11H2,1H3/b16-10-. The Bertz CT molecular complexity index is 820. The Morgan fingerprint density at radius 3 is 2.58 bits per heavy atom. The first kappa shape index (κ1) is 17.0. The number of nitrogens with zero attached hydrogens (tertiary/aromatic N) is 1. The summed E-state index contributed by atoms with van der Waals surface area (Å²) in [5.74, 6) is 0.532. The van der Waals surface area contributed by atoms with E-state index in [4.69, 9.17) is 4.74 Å². The van der Waals surface area contributed by atoms with Gasteiger partial charge in [0.1, 0.15) is 5.75 Å². The fourth-order valence-electron chi connectivity index (χ4n) is 2.33. The molecule has 0 atom stereocenters. The maximum absolute atomic E-state index is 12.5. The number of carbonyl (C=O) groups is 2. The van der Waals surface area contributed by atoms with Crippen molar-refractivity contribution in [3.63, 3.8) is 0 Å². The molecule has 122 valence electrons. The van der Waals surface area contributed by atoms with Crippen LogP contribution in [0.2, 0.25) is 0 Å². The Hall–Kier alpha value is -1.80. The summed E-state index contributed by atoms with van der Waals surface area (Å²) in [4.78, 5) is 26.4. The normalized spacial score (nSPS) is 16.1.